The first-order valence-corrected chi connectivity index (χ1v) is 7.84. The van der Waals surface area contributed by atoms with Crippen LogP contribution in [0.25, 0.3) is 0 Å². The van der Waals surface area contributed by atoms with Gasteiger partial charge in [0.15, 0.2) is 11.5 Å². The topological polar surface area (TPSA) is 30.5 Å². The molecule has 3 nitrogen and oxygen atoms in total. The van der Waals surface area contributed by atoms with E-state index in [1.165, 1.54) is 7.11 Å². The van der Waals surface area contributed by atoms with Gasteiger partial charge in [-0.15, -0.1) is 0 Å². The first-order valence-electron chi connectivity index (χ1n) is 6.44. The van der Waals surface area contributed by atoms with Gasteiger partial charge in [-0.2, -0.15) is 20.5 Å². The lowest BCUT2D eigenvalue weighted by atomic mass is 10.1. The second-order valence-electron chi connectivity index (χ2n) is 4.31. The Morgan fingerprint density at radius 3 is 2.60 bits per heavy atom. The Morgan fingerprint density at radius 1 is 1.30 bits per heavy atom. The zero-order valence-corrected chi connectivity index (χ0v) is 12.8. The molecule has 0 heterocycles. The van der Waals surface area contributed by atoms with Crippen LogP contribution in [0.1, 0.15) is 18.9 Å². The van der Waals surface area contributed by atoms with E-state index in [-0.39, 0.29) is 5.75 Å². The van der Waals surface area contributed by atoms with Gasteiger partial charge in [0.05, 0.1) is 7.11 Å². The highest BCUT2D eigenvalue weighted by molar-refractivity contribution is 7.98. The monoisotopic (exact) mass is 305 g/mol. The van der Waals surface area contributed by atoms with Crippen molar-refractivity contribution in [3.63, 3.8) is 0 Å². The fourth-order valence-corrected chi connectivity index (χ4v) is 2.56. The predicted molar refractivity (Wildman–Crippen MR) is 78.9 cm³/mol. The first-order chi connectivity index (χ1) is 9.60. The van der Waals surface area contributed by atoms with Crippen LogP contribution in [0.15, 0.2) is 18.2 Å². The third-order valence-corrected chi connectivity index (χ3v) is 3.64. The molecule has 0 aliphatic rings. The van der Waals surface area contributed by atoms with Gasteiger partial charge in [-0.3, -0.25) is 0 Å². The van der Waals surface area contributed by atoms with Crippen molar-refractivity contribution < 1.29 is 18.3 Å². The molecule has 0 radical (unpaired) electrons. The molecule has 1 unspecified atom stereocenters. The summed E-state index contributed by atoms with van der Waals surface area (Å²) in [4.78, 5) is 0. The summed E-state index contributed by atoms with van der Waals surface area (Å²) >= 11 is 1.78. The third kappa shape index (κ3) is 5.54. The molecule has 0 saturated carbocycles. The Labute approximate surface area is 123 Å². The van der Waals surface area contributed by atoms with Gasteiger partial charge in [-0.05, 0) is 30.4 Å². The van der Waals surface area contributed by atoms with Gasteiger partial charge in [0.2, 0.25) is 0 Å². The average Bonchev–Trinajstić information content (AvgIpc) is 2.43. The van der Waals surface area contributed by atoms with Crippen LogP contribution in [0, 0.1) is 0 Å². The van der Waals surface area contributed by atoms with E-state index in [4.69, 9.17) is 4.74 Å². The molecule has 1 aromatic carbocycles. The van der Waals surface area contributed by atoms with Crippen LogP contribution in [0.3, 0.4) is 0 Å². The van der Waals surface area contributed by atoms with Crippen molar-refractivity contribution in [2.45, 2.75) is 32.5 Å². The molecule has 1 N–H and O–H groups in total. The van der Waals surface area contributed by atoms with Gasteiger partial charge < -0.3 is 14.8 Å². The normalized spacial score (nSPS) is 12.5. The van der Waals surface area contributed by atoms with E-state index in [1.807, 2.05) is 6.07 Å². The summed E-state index contributed by atoms with van der Waals surface area (Å²) in [5.74, 6) is 1.40. The van der Waals surface area contributed by atoms with Crippen molar-refractivity contribution in [1.29, 1.82) is 0 Å². The van der Waals surface area contributed by atoms with E-state index in [0.29, 0.717) is 18.3 Å². The van der Waals surface area contributed by atoms with Gasteiger partial charge in [-0.1, -0.05) is 13.0 Å². The lowest BCUT2D eigenvalue weighted by Gasteiger charge is -2.17. The first kappa shape index (κ1) is 17.0. The molecule has 0 bridgehead atoms. The Morgan fingerprint density at radius 2 is 2.05 bits per heavy atom. The van der Waals surface area contributed by atoms with Gasteiger partial charge in [0, 0.05) is 18.3 Å². The molecule has 0 aromatic heterocycles. The minimum absolute atomic E-state index is 0.0692. The second kappa shape index (κ2) is 9.02. The molecular formula is C14H21F2NO2S. The van der Waals surface area contributed by atoms with Crippen molar-refractivity contribution >= 4 is 11.8 Å². The molecule has 0 amide bonds. The number of hydrogen-bond acceptors (Lipinski definition) is 4. The van der Waals surface area contributed by atoms with Crippen molar-refractivity contribution in [2.75, 3.05) is 19.1 Å². The van der Waals surface area contributed by atoms with Crippen molar-refractivity contribution in [3.05, 3.63) is 23.8 Å². The maximum atomic E-state index is 12.3. The molecule has 114 valence electrons. The largest absolute Gasteiger partial charge is 0.493 e. The van der Waals surface area contributed by atoms with E-state index in [0.717, 1.165) is 17.7 Å². The Hall–Kier alpha value is -1.01. The van der Waals surface area contributed by atoms with Gasteiger partial charge in [0.1, 0.15) is 0 Å². The minimum atomic E-state index is -2.85. The van der Waals surface area contributed by atoms with E-state index in [2.05, 4.69) is 23.2 Å². The Bertz CT molecular complexity index is 405. The predicted octanol–water partition coefficient (Wildman–Crippen LogP) is 3.53. The molecule has 1 rings (SSSR count). The Kier molecular flexibility index (Phi) is 7.69. The van der Waals surface area contributed by atoms with E-state index in [9.17, 15) is 8.78 Å². The molecule has 0 spiro atoms. The highest BCUT2D eigenvalue weighted by Gasteiger charge is 2.12. The summed E-state index contributed by atoms with van der Waals surface area (Å²) in [6.07, 6.45) is 3.09. The van der Waals surface area contributed by atoms with E-state index in [1.54, 1.807) is 23.9 Å². The van der Waals surface area contributed by atoms with E-state index < -0.39 is 6.61 Å². The summed E-state index contributed by atoms with van der Waals surface area (Å²) in [5, 5.41) is 3.40. The second-order valence-corrected chi connectivity index (χ2v) is 5.22. The third-order valence-electron chi connectivity index (χ3n) is 2.90. The van der Waals surface area contributed by atoms with Crippen LogP contribution in [-0.4, -0.2) is 31.8 Å². The number of alkyl halides is 2. The number of benzene rings is 1. The fourth-order valence-electron chi connectivity index (χ4n) is 1.80. The number of thioether (sulfide) groups is 1. The van der Waals surface area contributed by atoms with Crippen LogP contribution in [0.4, 0.5) is 8.78 Å². The van der Waals surface area contributed by atoms with E-state index >= 15 is 0 Å². The highest BCUT2D eigenvalue weighted by atomic mass is 32.2. The number of methoxy groups -OCH3 is 1. The molecule has 0 aliphatic heterocycles. The summed E-state index contributed by atoms with van der Waals surface area (Å²) in [6, 6.07) is 5.48. The minimum Gasteiger partial charge on any atom is -0.493 e. The summed E-state index contributed by atoms with van der Waals surface area (Å²) < 4.78 is 34.2. The zero-order chi connectivity index (χ0) is 15.0. The standard InChI is InChI=1S/C14H21F2NO2S/c1-4-11(9-20-3)17-8-10-5-6-12(18-2)13(7-10)19-14(15)16/h5-7,11,14,17H,4,8-9H2,1-3H3. The summed E-state index contributed by atoms with van der Waals surface area (Å²) in [7, 11) is 1.43. The summed E-state index contributed by atoms with van der Waals surface area (Å²) in [6.45, 7) is -0.123. The lowest BCUT2D eigenvalue weighted by molar-refractivity contribution is -0.0512. The highest BCUT2D eigenvalue weighted by Crippen LogP contribution is 2.29. The SMILES string of the molecule is CCC(CSC)NCc1ccc(OC)c(OC(F)F)c1. The molecule has 6 heteroatoms. The molecule has 0 saturated heterocycles. The van der Waals surface area contributed by atoms with Crippen LogP contribution < -0.4 is 14.8 Å². The zero-order valence-electron chi connectivity index (χ0n) is 12.0. The van der Waals surface area contributed by atoms with Crippen LogP contribution in [-0.2, 0) is 6.54 Å². The van der Waals surface area contributed by atoms with Crippen LogP contribution in [0.5, 0.6) is 11.5 Å². The summed E-state index contributed by atoms with van der Waals surface area (Å²) in [5.41, 5.74) is 0.890. The van der Waals surface area contributed by atoms with Gasteiger partial charge in [-0.25, -0.2) is 0 Å². The van der Waals surface area contributed by atoms with Crippen molar-refractivity contribution in [2.24, 2.45) is 0 Å². The molecule has 1 atom stereocenters. The van der Waals surface area contributed by atoms with Crippen molar-refractivity contribution in [1.82, 2.24) is 5.32 Å². The lowest BCUT2D eigenvalue weighted by Crippen LogP contribution is -2.30. The molecule has 0 fully saturated rings. The fraction of sp³-hybridized carbons (Fsp3) is 0.571. The smallest absolute Gasteiger partial charge is 0.387 e. The number of halogens is 2. The van der Waals surface area contributed by atoms with Crippen molar-refractivity contribution in [3.8, 4) is 11.5 Å². The van der Waals surface area contributed by atoms with Crippen LogP contribution >= 0.6 is 11.8 Å². The molecular weight excluding hydrogens is 284 g/mol. The number of ether oxygens (including phenoxy) is 2. The average molecular weight is 305 g/mol. The quantitative estimate of drug-likeness (QED) is 0.756. The molecule has 20 heavy (non-hydrogen) atoms. The maximum Gasteiger partial charge on any atom is 0.387 e. The van der Waals surface area contributed by atoms with Gasteiger partial charge in [0.25, 0.3) is 0 Å². The molecule has 1 aromatic rings. The maximum absolute atomic E-state index is 12.3. The van der Waals surface area contributed by atoms with Gasteiger partial charge >= 0.3 is 6.61 Å². The van der Waals surface area contributed by atoms with Crippen LogP contribution in [0.2, 0.25) is 0 Å². The number of rotatable bonds is 9. The Balaban J connectivity index is 2.70. The molecule has 0 aliphatic carbocycles. The number of hydrogen-bond donors (Lipinski definition) is 1. The number of nitrogens with one attached hydrogen (secondary N) is 1.